The lowest BCUT2D eigenvalue weighted by Crippen LogP contribution is -2.41. The molecule has 2 atom stereocenters. The summed E-state index contributed by atoms with van der Waals surface area (Å²) in [4.78, 5) is 2.36. The second-order valence-electron chi connectivity index (χ2n) is 4.36. The SMILES string of the molecule is CCC(C)C(CN)N(C)Cc1csc(Br)c1. The second-order valence-corrected chi connectivity index (χ2v) is 6.65. The zero-order chi connectivity index (χ0) is 12.1. The average Bonchev–Trinajstić information content (AvgIpc) is 2.64. The average molecular weight is 305 g/mol. The van der Waals surface area contributed by atoms with Crippen molar-refractivity contribution in [3.05, 3.63) is 20.8 Å². The van der Waals surface area contributed by atoms with Crippen molar-refractivity contribution in [3.8, 4) is 0 Å². The van der Waals surface area contributed by atoms with E-state index in [0.717, 1.165) is 13.1 Å². The Hall–Kier alpha value is 0.100. The number of halogens is 1. The molecule has 92 valence electrons. The van der Waals surface area contributed by atoms with Crippen molar-refractivity contribution in [2.45, 2.75) is 32.9 Å². The van der Waals surface area contributed by atoms with E-state index in [1.54, 1.807) is 11.3 Å². The van der Waals surface area contributed by atoms with Crippen LogP contribution in [0.4, 0.5) is 0 Å². The first-order valence-electron chi connectivity index (χ1n) is 5.71. The molecule has 0 saturated carbocycles. The maximum Gasteiger partial charge on any atom is 0.0701 e. The Bertz CT molecular complexity index is 314. The molecule has 0 radical (unpaired) electrons. The predicted octanol–water partition coefficient (Wildman–Crippen LogP) is 3.32. The van der Waals surface area contributed by atoms with E-state index in [1.807, 2.05) is 0 Å². The van der Waals surface area contributed by atoms with Crippen molar-refractivity contribution in [2.75, 3.05) is 13.6 Å². The molecule has 2 N–H and O–H groups in total. The van der Waals surface area contributed by atoms with Crippen molar-refractivity contribution in [1.29, 1.82) is 0 Å². The standard InChI is InChI=1S/C12H21BrN2S/c1-4-9(2)11(6-14)15(3)7-10-5-12(13)16-8-10/h5,8-9,11H,4,6-7,14H2,1-3H3. The molecular weight excluding hydrogens is 284 g/mol. The van der Waals surface area contributed by atoms with Gasteiger partial charge in [0.05, 0.1) is 3.79 Å². The minimum absolute atomic E-state index is 0.476. The van der Waals surface area contributed by atoms with Crippen molar-refractivity contribution in [3.63, 3.8) is 0 Å². The Morgan fingerprint density at radius 2 is 2.25 bits per heavy atom. The normalized spacial score (nSPS) is 15.4. The van der Waals surface area contributed by atoms with E-state index in [2.05, 4.69) is 53.2 Å². The van der Waals surface area contributed by atoms with E-state index in [4.69, 9.17) is 5.73 Å². The fourth-order valence-electron chi connectivity index (χ4n) is 1.95. The van der Waals surface area contributed by atoms with Gasteiger partial charge in [0.1, 0.15) is 0 Å². The summed E-state index contributed by atoms with van der Waals surface area (Å²) in [5, 5.41) is 2.20. The van der Waals surface area contributed by atoms with Gasteiger partial charge in [-0.25, -0.2) is 0 Å². The molecule has 0 aliphatic heterocycles. The fraction of sp³-hybridized carbons (Fsp3) is 0.667. The van der Waals surface area contributed by atoms with Gasteiger partial charge in [-0.3, -0.25) is 4.90 Å². The summed E-state index contributed by atoms with van der Waals surface area (Å²) in [5.41, 5.74) is 7.22. The molecule has 0 amide bonds. The topological polar surface area (TPSA) is 29.3 Å². The van der Waals surface area contributed by atoms with Gasteiger partial charge >= 0.3 is 0 Å². The summed E-state index contributed by atoms with van der Waals surface area (Å²) in [7, 11) is 2.16. The molecule has 1 aromatic heterocycles. The summed E-state index contributed by atoms with van der Waals surface area (Å²) in [6.45, 7) is 6.21. The third kappa shape index (κ3) is 3.84. The van der Waals surface area contributed by atoms with Gasteiger partial charge in [-0.2, -0.15) is 0 Å². The molecule has 2 nitrogen and oxygen atoms in total. The number of hydrogen-bond donors (Lipinski definition) is 1. The molecule has 0 spiro atoms. The van der Waals surface area contributed by atoms with Crippen molar-refractivity contribution in [2.24, 2.45) is 11.7 Å². The van der Waals surface area contributed by atoms with Crippen LogP contribution in [0, 0.1) is 5.92 Å². The molecule has 0 aliphatic rings. The van der Waals surface area contributed by atoms with Gasteiger partial charge < -0.3 is 5.73 Å². The first-order valence-corrected chi connectivity index (χ1v) is 7.39. The minimum Gasteiger partial charge on any atom is -0.329 e. The van der Waals surface area contributed by atoms with Crippen LogP contribution in [0.5, 0.6) is 0 Å². The van der Waals surface area contributed by atoms with Crippen LogP contribution in [-0.2, 0) is 6.54 Å². The van der Waals surface area contributed by atoms with Gasteiger partial charge in [-0.1, -0.05) is 20.3 Å². The molecule has 0 saturated heterocycles. The maximum atomic E-state index is 5.86. The molecule has 0 aliphatic carbocycles. The van der Waals surface area contributed by atoms with Crippen molar-refractivity contribution in [1.82, 2.24) is 4.90 Å². The van der Waals surface area contributed by atoms with Crippen molar-refractivity contribution < 1.29 is 0 Å². The van der Waals surface area contributed by atoms with Gasteiger partial charge in [0.2, 0.25) is 0 Å². The molecular formula is C12H21BrN2S. The smallest absolute Gasteiger partial charge is 0.0701 e. The maximum absolute atomic E-state index is 5.86. The predicted molar refractivity (Wildman–Crippen MR) is 75.8 cm³/mol. The zero-order valence-electron chi connectivity index (χ0n) is 10.2. The number of nitrogens with two attached hydrogens (primary N) is 1. The first kappa shape index (κ1) is 14.2. The fourth-order valence-corrected chi connectivity index (χ4v) is 3.15. The van der Waals surface area contributed by atoms with Crippen LogP contribution in [0.3, 0.4) is 0 Å². The van der Waals surface area contributed by atoms with Crippen LogP contribution in [0.15, 0.2) is 15.2 Å². The van der Waals surface area contributed by atoms with Gasteiger partial charge in [0.25, 0.3) is 0 Å². The van der Waals surface area contributed by atoms with Crippen molar-refractivity contribution >= 4 is 27.3 Å². The molecule has 0 aromatic carbocycles. The molecule has 1 aromatic rings. The lowest BCUT2D eigenvalue weighted by atomic mass is 9.98. The number of thiophene rings is 1. The Kier molecular flexibility index (Phi) is 5.97. The van der Waals surface area contributed by atoms with Gasteiger partial charge in [-0.05, 0) is 45.9 Å². The van der Waals surface area contributed by atoms with Crippen LogP contribution in [0.1, 0.15) is 25.8 Å². The summed E-state index contributed by atoms with van der Waals surface area (Å²) < 4.78 is 1.20. The highest BCUT2D eigenvalue weighted by Gasteiger charge is 2.19. The van der Waals surface area contributed by atoms with Gasteiger partial charge in [0.15, 0.2) is 0 Å². The Balaban J connectivity index is 2.58. The van der Waals surface area contributed by atoms with Crippen LogP contribution in [0.2, 0.25) is 0 Å². The third-order valence-corrected chi connectivity index (χ3v) is 4.72. The van der Waals surface area contributed by atoms with E-state index in [-0.39, 0.29) is 0 Å². The van der Waals surface area contributed by atoms with E-state index >= 15 is 0 Å². The summed E-state index contributed by atoms with van der Waals surface area (Å²) in [5.74, 6) is 0.650. The highest BCUT2D eigenvalue weighted by molar-refractivity contribution is 9.11. The molecule has 2 unspecified atom stereocenters. The number of nitrogens with zero attached hydrogens (tertiary/aromatic N) is 1. The van der Waals surface area contributed by atoms with Crippen LogP contribution >= 0.6 is 27.3 Å². The summed E-state index contributed by atoms with van der Waals surface area (Å²) in [6.07, 6.45) is 1.18. The van der Waals surface area contributed by atoms with Gasteiger partial charge in [0, 0.05) is 19.1 Å². The lowest BCUT2D eigenvalue weighted by Gasteiger charge is -2.31. The van der Waals surface area contributed by atoms with E-state index in [1.165, 1.54) is 15.8 Å². The monoisotopic (exact) mass is 304 g/mol. The Morgan fingerprint density at radius 3 is 2.69 bits per heavy atom. The van der Waals surface area contributed by atoms with Crippen LogP contribution in [0.25, 0.3) is 0 Å². The largest absolute Gasteiger partial charge is 0.329 e. The van der Waals surface area contributed by atoms with E-state index in [9.17, 15) is 0 Å². The number of likely N-dealkylation sites (N-methyl/N-ethyl adjacent to an activating group) is 1. The summed E-state index contributed by atoms with van der Waals surface area (Å²) in [6, 6.07) is 2.66. The lowest BCUT2D eigenvalue weighted by molar-refractivity contribution is 0.178. The quantitative estimate of drug-likeness (QED) is 0.873. The minimum atomic E-state index is 0.476. The molecule has 4 heteroatoms. The Labute approximate surface area is 111 Å². The highest BCUT2D eigenvalue weighted by atomic mass is 79.9. The Morgan fingerprint density at radius 1 is 1.56 bits per heavy atom. The molecule has 1 heterocycles. The zero-order valence-corrected chi connectivity index (χ0v) is 12.6. The van der Waals surface area contributed by atoms with Gasteiger partial charge in [-0.15, -0.1) is 11.3 Å². The number of rotatable bonds is 6. The molecule has 1 rings (SSSR count). The van der Waals surface area contributed by atoms with Crippen LogP contribution in [-0.4, -0.2) is 24.5 Å². The highest BCUT2D eigenvalue weighted by Crippen LogP contribution is 2.23. The molecule has 0 bridgehead atoms. The third-order valence-electron chi connectivity index (χ3n) is 3.16. The molecule has 0 fully saturated rings. The van der Waals surface area contributed by atoms with Crippen LogP contribution < -0.4 is 5.73 Å². The second kappa shape index (κ2) is 6.74. The van der Waals surface area contributed by atoms with E-state index in [0.29, 0.717) is 12.0 Å². The van der Waals surface area contributed by atoms with E-state index < -0.39 is 0 Å². The number of hydrogen-bond acceptors (Lipinski definition) is 3. The summed E-state index contributed by atoms with van der Waals surface area (Å²) >= 11 is 5.23. The molecule has 16 heavy (non-hydrogen) atoms. The first-order chi connectivity index (χ1) is 7.58.